The average molecular weight is 794 g/mol. The standard InChI is InChI=1S/C57H35N3S/c1-2-17-41(18-3-1)59-51-26-10-6-21-44(51)48-34-38(29-31-52(48)59)39-28-30-45-43-20-5-9-25-50(43)60(53(45)35-39)42-19-13-15-37(33-42)36-14-12-16-40(32-36)55-46-22-4-8-24-49(46)58-56-47-23-7-11-27-54(47)61-57(55)56/h1-35H. The Hall–Kier alpha value is -7.79. The average Bonchev–Trinajstić information content (AvgIpc) is 3.98. The predicted octanol–water partition coefficient (Wildman–Crippen LogP) is 15.8. The van der Waals surface area contributed by atoms with Crippen LogP contribution in [0.25, 0.3) is 120 Å². The number of rotatable bonds is 5. The molecule has 61 heavy (non-hydrogen) atoms. The first-order chi connectivity index (χ1) is 30.2. The molecule has 0 unspecified atom stereocenters. The quantitative estimate of drug-likeness (QED) is 0.170. The number of hydrogen-bond acceptors (Lipinski definition) is 2. The SMILES string of the molecule is c1ccc(-n2c3ccccc3c3cc(-c4ccc5c6ccccc6n(-c6cccc(-c7cccc(-c8c9ccccc9nc9c8sc8ccccc89)c7)c6)c5c4)ccc32)cc1. The van der Waals surface area contributed by atoms with Crippen molar-refractivity contribution in [1.82, 2.24) is 14.1 Å². The number of nitrogens with zero attached hydrogens (tertiary/aromatic N) is 3. The molecule has 4 aromatic heterocycles. The van der Waals surface area contributed by atoms with Crippen molar-refractivity contribution in [1.29, 1.82) is 0 Å². The fourth-order valence-corrected chi connectivity index (χ4v) is 11.0. The minimum Gasteiger partial charge on any atom is -0.309 e. The lowest BCUT2D eigenvalue weighted by Crippen LogP contribution is -1.95. The van der Waals surface area contributed by atoms with Gasteiger partial charge in [-0.1, -0.05) is 140 Å². The molecular weight excluding hydrogens is 759 g/mol. The summed E-state index contributed by atoms with van der Waals surface area (Å²) < 4.78 is 7.31. The molecule has 0 saturated carbocycles. The third-order valence-electron chi connectivity index (χ3n) is 12.5. The molecule has 0 bridgehead atoms. The van der Waals surface area contributed by atoms with Crippen LogP contribution in [0.15, 0.2) is 212 Å². The molecule has 0 aliphatic rings. The number of pyridine rings is 1. The van der Waals surface area contributed by atoms with Crippen molar-refractivity contribution in [3.05, 3.63) is 212 Å². The van der Waals surface area contributed by atoms with E-state index in [9.17, 15) is 0 Å². The minimum absolute atomic E-state index is 1.02. The van der Waals surface area contributed by atoms with E-state index in [1.165, 1.54) is 103 Å². The second kappa shape index (κ2) is 13.4. The van der Waals surface area contributed by atoms with E-state index in [2.05, 4.69) is 221 Å². The van der Waals surface area contributed by atoms with E-state index < -0.39 is 0 Å². The van der Waals surface area contributed by atoms with Gasteiger partial charge in [-0.25, -0.2) is 4.98 Å². The molecule has 0 radical (unpaired) electrons. The summed E-state index contributed by atoms with van der Waals surface area (Å²) >= 11 is 1.84. The summed E-state index contributed by atoms with van der Waals surface area (Å²) in [5.41, 5.74) is 16.4. The van der Waals surface area contributed by atoms with E-state index in [-0.39, 0.29) is 0 Å². The van der Waals surface area contributed by atoms with Crippen LogP contribution in [0.1, 0.15) is 0 Å². The molecule has 0 aliphatic carbocycles. The van der Waals surface area contributed by atoms with Crippen molar-refractivity contribution in [2.24, 2.45) is 0 Å². The second-order valence-electron chi connectivity index (χ2n) is 15.9. The summed E-state index contributed by atoms with van der Waals surface area (Å²) in [4.78, 5) is 5.19. The van der Waals surface area contributed by atoms with Crippen LogP contribution >= 0.6 is 11.3 Å². The lowest BCUT2D eigenvalue weighted by molar-refractivity contribution is 1.18. The van der Waals surface area contributed by atoms with Gasteiger partial charge in [0.05, 0.1) is 37.8 Å². The number of hydrogen-bond donors (Lipinski definition) is 0. The minimum atomic E-state index is 1.02. The van der Waals surface area contributed by atoms with E-state index >= 15 is 0 Å². The zero-order valence-corrected chi connectivity index (χ0v) is 33.8. The van der Waals surface area contributed by atoms with Gasteiger partial charge >= 0.3 is 0 Å². The van der Waals surface area contributed by atoms with Crippen molar-refractivity contribution < 1.29 is 0 Å². The summed E-state index contributed by atoms with van der Waals surface area (Å²) in [5, 5.41) is 7.38. The fraction of sp³-hybridized carbons (Fsp3) is 0. The Balaban J connectivity index is 0.959. The molecule has 9 aromatic carbocycles. The monoisotopic (exact) mass is 793 g/mol. The molecule has 0 fully saturated rings. The summed E-state index contributed by atoms with van der Waals surface area (Å²) in [6, 6.07) is 77.4. The van der Waals surface area contributed by atoms with Gasteiger partial charge in [0.2, 0.25) is 0 Å². The Kier molecular flexibility index (Phi) is 7.47. The van der Waals surface area contributed by atoms with Crippen LogP contribution in [-0.2, 0) is 0 Å². The van der Waals surface area contributed by atoms with E-state index in [0.29, 0.717) is 0 Å². The van der Waals surface area contributed by atoms with E-state index in [1.54, 1.807) is 0 Å². The Morgan fingerprint density at radius 2 is 0.885 bits per heavy atom. The largest absolute Gasteiger partial charge is 0.309 e. The lowest BCUT2D eigenvalue weighted by Gasteiger charge is -2.13. The predicted molar refractivity (Wildman–Crippen MR) is 260 cm³/mol. The number of thiophene rings is 1. The fourth-order valence-electron chi connectivity index (χ4n) is 9.74. The highest BCUT2D eigenvalue weighted by atomic mass is 32.1. The first-order valence-corrected chi connectivity index (χ1v) is 21.6. The third kappa shape index (κ3) is 5.26. The van der Waals surface area contributed by atoms with Crippen LogP contribution in [0.5, 0.6) is 0 Å². The van der Waals surface area contributed by atoms with Gasteiger partial charge < -0.3 is 9.13 Å². The molecule has 0 N–H and O–H groups in total. The maximum Gasteiger partial charge on any atom is 0.0902 e. The second-order valence-corrected chi connectivity index (χ2v) is 17.0. The van der Waals surface area contributed by atoms with Gasteiger partial charge in [-0.3, -0.25) is 0 Å². The molecule has 0 spiro atoms. The Bertz CT molecular complexity index is 3890. The van der Waals surface area contributed by atoms with Gasteiger partial charge in [0.1, 0.15) is 0 Å². The molecule has 13 rings (SSSR count). The van der Waals surface area contributed by atoms with Crippen LogP contribution in [0.3, 0.4) is 0 Å². The van der Waals surface area contributed by atoms with Gasteiger partial charge in [0, 0.05) is 54.0 Å². The van der Waals surface area contributed by atoms with Crippen molar-refractivity contribution >= 4 is 86.2 Å². The Morgan fingerprint density at radius 1 is 0.328 bits per heavy atom. The highest BCUT2D eigenvalue weighted by molar-refractivity contribution is 7.26. The van der Waals surface area contributed by atoms with Crippen LogP contribution in [-0.4, -0.2) is 14.1 Å². The number of benzene rings is 9. The van der Waals surface area contributed by atoms with Crippen molar-refractivity contribution in [3.63, 3.8) is 0 Å². The van der Waals surface area contributed by atoms with Crippen LogP contribution < -0.4 is 0 Å². The molecule has 0 amide bonds. The van der Waals surface area contributed by atoms with Crippen molar-refractivity contribution in [2.75, 3.05) is 0 Å². The number of aromatic nitrogens is 3. The Morgan fingerprint density at radius 3 is 1.72 bits per heavy atom. The molecule has 3 nitrogen and oxygen atoms in total. The normalized spacial score (nSPS) is 11.9. The van der Waals surface area contributed by atoms with E-state index in [1.807, 2.05) is 11.3 Å². The van der Waals surface area contributed by atoms with Gasteiger partial charge in [-0.15, -0.1) is 11.3 Å². The summed E-state index contributed by atoms with van der Waals surface area (Å²) in [7, 11) is 0. The zero-order valence-electron chi connectivity index (χ0n) is 33.0. The van der Waals surface area contributed by atoms with E-state index in [0.717, 1.165) is 16.7 Å². The molecule has 4 heteroatoms. The smallest absolute Gasteiger partial charge is 0.0902 e. The summed E-state index contributed by atoms with van der Waals surface area (Å²) in [6.07, 6.45) is 0. The molecular formula is C57H35N3S. The molecule has 0 aliphatic heterocycles. The topological polar surface area (TPSA) is 22.8 Å². The van der Waals surface area contributed by atoms with Crippen LogP contribution in [0.4, 0.5) is 0 Å². The summed E-state index contributed by atoms with van der Waals surface area (Å²) in [6.45, 7) is 0. The van der Waals surface area contributed by atoms with Gasteiger partial charge in [0.25, 0.3) is 0 Å². The first kappa shape index (κ1) is 34.1. The van der Waals surface area contributed by atoms with Crippen molar-refractivity contribution in [2.45, 2.75) is 0 Å². The number of fused-ring (bicyclic) bond motifs is 10. The van der Waals surface area contributed by atoms with E-state index in [4.69, 9.17) is 4.98 Å². The molecule has 284 valence electrons. The van der Waals surface area contributed by atoms with Gasteiger partial charge in [-0.05, 0) is 101 Å². The highest BCUT2D eigenvalue weighted by Gasteiger charge is 2.19. The maximum atomic E-state index is 5.19. The molecule has 0 saturated heterocycles. The van der Waals surface area contributed by atoms with Gasteiger partial charge in [-0.2, -0.15) is 0 Å². The van der Waals surface area contributed by atoms with Gasteiger partial charge in [0.15, 0.2) is 0 Å². The lowest BCUT2D eigenvalue weighted by atomic mass is 9.96. The van der Waals surface area contributed by atoms with Crippen LogP contribution in [0.2, 0.25) is 0 Å². The Labute approximate surface area is 355 Å². The maximum absolute atomic E-state index is 5.19. The molecule has 13 aromatic rings. The van der Waals surface area contributed by atoms with Crippen molar-refractivity contribution in [3.8, 4) is 44.8 Å². The molecule has 4 heterocycles. The number of para-hydroxylation sites is 4. The zero-order chi connectivity index (χ0) is 40.0. The third-order valence-corrected chi connectivity index (χ3v) is 13.7. The summed E-state index contributed by atoms with van der Waals surface area (Å²) in [5.74, 6) is 0. The highest BCUT2D eigenvalue weighted by Crippen LogP contribution is 2.44. The first-order valence-electron chi connectivity index (χ1n) is 20.8. The molecule has 0 atom stereocenters. The van der Waals surface area contributed by atoms with Crippen LogP contribution in [0, 0.1) is 0 Å².